The number of hydrogen-bond donors (Lipinski definition) is 6. The minimum Gasteiger partial charge on any atom is -0.394 e. The van der Waals surface area contributed by atoms with Crippen molar-refractivity contribution >= 4 is 5.91 Å². The Morgan fingerprint density at radius 1 is 0.673 bits per heavy atom. The van der Waals surface area contributed by atoms with Crippen LogP contribution in [-0.2, 0) is 14.3 Å². The predicted molar refractivity (Wildman–Crippen MR) is 198 cm³/mol. The fourth-order valence-corrected chi connectivity index (χ4v) is 6.51. The third-order valence-corrected chi connectivity index (χ3v) is 9.86. The SMILES string of the molecule is CCCCCCCCCCCCC/C=C/[C@@H](O)[C@H](CO[C@H]1OC(CO)[C@H](O)C(O)C1O)NC(=O)CCCCCCCCCCCCCCC. The Hall–Kier alpha value is -1.07. The lowest BCUT2D eigenvalue weighted by Crippen LogP contribution is -2.60. The molecule has 1 rings (SSSR count). The molecule has 7 atom stereocenters. The molecule has 1 aliphatic heterocycles. The number of nitrogens with one attached hydrogen (secondary N) is 1. The van der Waals surface area contributed by atoms with Gasteiger partial charge in [0.2, 0.25) is 5.91 Å². The van der Waals surface area contributed by atoms with Gasteiger partial charge in [0.25, 0.3) is 0 Å². The van der Waals surface area contributed by atoms with Crippen LogP contribution in [-0.4, -0.2) is 87.5 Å². The zero-order valence-corrected chi connectivity index (χ0v) is 31.5. The molecule has 49 heavy (non-hydrogen) atoms. The molecule has 3 unspecified atom stereocenters. The van der Waals surface area contributed by atoms with Crippen molar-refractivity contribution in [2.75, 3.05) is 13.2 Å². The van der Waals surface area contributed by atoms with Crippen molar-refractivity contribution in [2.24, 2.45) is 0 Å². The lowest BCUT2D eigenvalue weighted by atomic mass is 9.99. The summed E-state index contributed by atoms with van der Waals surface area (Å²) in [5.74, 6) is -0.178. The first-order valence-corrected chi connectivity index (χ1v) is 20.4. The summed E-state index contributed by atoms with van der Waals surface area (Å²) in [6.07, 6.45) is 26.7. The minimum atomic E-state index is -1.56. The number of rotatable bonds is 33. The van der Waals surface area contributed by atoms with Gasteiger partial charge in [-0.1, -0.05) is 167 Å². The Morgan fingerprint density at radius 3 is 1.59 bits per heavy atom. The van der Waals surface area contributed by atoms with Crippen molar-refractivity contribution < 1.29 is 39.8 Å². The van der Waals surface area contributed by atoms with E-state index < -0.39 is 49.5 Å². The normalized spacial score (nSPS) is 22.5. The summed E-state index contributed by atoms with van der Waals surface area (Å²) in [6, 6.07) is -0.796. The van der Waals surface area contributed by atoms with Crippen molar-refractivity contribution in [1.82, 2.24) is 5.32 Å². The van der Waals surface area contributed by atoms with Gasteiger partial charge < -0.3 is 40.3 Å². The number of aliphatic hydroxyl groups excluding tert-OH is 5. The maximum Gasteiger partial charge on any atom is 0.220 e. The second-order valence-corrected chi connectivity index (χ2v) is 14.4. The van der Waals surface area contributed by atoms with Crippen molar-refractivity contribution in [3.63, 3.8) is 0 Å². The molecule has 1 fully saturated rings. The van der Waals surface area contributed by atoms with E-state index in [1.807, 2.05) is 6.08 Å². The third kappa shape index (κ3) is 23.2. The monoisotopic (exact) mass is 700 g/mol. The van der Waals surface area contributed by atoms with Gasteiger partial charge in [0.15, 0.2) is 6.29 Å². The van der Waals surface area contributed by atoms with Crippen LogP contribution in [0, 0.1) is 0 Å². The summed E-state index contributed by atoms with van der Waals surface area (Å²) in [4.78, 5) is 12.9. The second kappa shape index (κ2) is 31.6. The molecule has 0 aliphatic carbocycles. The summed E-state index contributed by atoms with van der Waals surface area (Å²) < 4.78 is 11.2. The maximum absolute atomic E-state index is 12.9. The number of hydrogen-bond acceptors (Lipinski definition) is 8. The van der Waals surface area contributed by atoms with Gasteiger partial charge in [-0.2, -0.15) is 0 Å². The van der Waals surface area contributed by atoms with E-state index >= 15 is 0 Å². The van der Waals surface area contributed by atoms with Crippen molar-refractivity contribution in [3.8, 4) is 0 Å². The average molecular weight is 700 g/mol. The lowest BCUT2D eigenvalue weighted by Gasteiger charge is -2.40. The van der Waals surface area contributed by atoms with Crippen LogP contribution in [0.1, 0.15) is 181 Å². The lowest BCUT2D eigenvalue weighted by molar-refractivity contribution is -0.302. The highest BCUT2D eigenvalue weighted by Gasteiger charge is 2.44. The van der Waals surface area contributed by atoms with Gasteiger partial charge >= 0.3 is 0 Å². The number of allylic oxidation sites excluding steroid dienone is 1. The summed E-state index contributed by atoms with van der Waals surface area (Å²) in [7, 11) is 0. The topological polar surface area (TPSA) is 149 Å². The maximum atomic E-state index is 12.9. The van der Waals surface area contributed by atoms with Crippen LogP contribution in [0.2, 0.25) is 0 Å². The van der Waals surface area contributed by atoms with Gasteiger partial charge in [-0.3, -0.25) is 4.79 Å². The number of carbonyl (C=O) groups excluding carboxylic acids is 1. The van der Waals surface area contributed by atoms with Gasteiger partial charge in [0, 0.05) is 6.42 Å². The number of unbranched alkanes of at least 4 members (excludes halogenated alkanes) is 23. The zero-order chi connectivity index (χ0) is 36.0. The number of ether oxygens (including phenoxy) is 2. The van der Waals surface area contributed by atoms with Crippen LogP contribution in [0.25, 0.3) is 0 Å². The Balaban J connectivity index is 2.43. The molecule has 1 aliphatic rings. The molecule has 0 bridgehead atoms. The average Bonchev–Trinajstić information content (AvgIpc) is 3.10. The third-order valence-electron chi connectivity index (χ3n) is 9.86. The first-order valence-electron chi connectivity index (χ1n) is 20.4. The Morgan fingerprint density at radius 2 is 1.12 bits per heavy atom. The van der Waals surface area contributed by atoms with Crippen LogP contribution in [0.5, 0.6) is 0 Å². The van der Waals surface area contributed by atoms with Gasteiger partial charge in [-0.25, -0.2) is 0 Å². The largest absolute Gasteiger partial charge is 0.394 e. The van der Waals surface area contributed by atoms with Crippen molar-refractivity contribution in [1.29, 1.82) is 0 Å². The highest BCUT2D eigenvalue weighted by atomic mass is 16.7. The molecule has 0 aromatic carbocycles. The molecule has 0 aromatic heterocycles. The molecule has 1 saturated heterocycles. The Bertz CT molecular complexity index is 781. The van der Waals surface area contributed by atoms with Crippen molar-refractivity contribution in [3.05, 3.63) is 12.2 Å². The smallest absolute Gasteiger partial charge is 0.220 e. The quantitative estimate of drug-likeness (QED) is 0.0307. The Kier molecular flexibility index (Phi) is 29.7. The van der Waals surface area contributed by atoms with E-state index in [4.69, 9.17) is 9.47 Å². The molecule has 6 N–H and O–H groups in total. The van der Waals surface area contributed by atoms with Gasteiger partial charge in [-0.05, 0) is 19.3 Å². The van der Waals surface area contributed by atoms with Crippen LogP contribution in [0.15, 0.2) is 12.2 Å². The first kappa shape index (κ1) is 46.0. The highest BCUT2D eigenvalue weighted by Crippen LogP contribution is 2.22. The number of amides is 1. The van der Waals surface area contributed by atoms with E-state index in [-0.39, 0.29) is 12.5 Å². The number of aliphatic hydroxyl groups is 5. The summed E-state index contributed by atoms with van der Waals surface area (Å²) in [5, 5.41) is 53.9. The number of carbonyl (C=O) groups is 1. The standard InChI is InChI=1S/C40H77NO8/c1-3-5-7-9-11-13-15-17-19-21-23-25-27-29-34(43)33(32-48-40-39(47)38(46)37(45)35(31-42)49-40)41-36(44)30-28-26-24-22-20-18-16-14-12-10-8-6-4-2/h27,29,33-35,37-40,42-43,45-47H,3-26,28,30-32H2,1-2H3,(H,41,44)/b29-27+/t33-,34+,35?,37-,38?,39?,40-/m0/s1. The molecule has 1 amide bonds. The van der Waals surface area contributed by atoms with E-state index in [1.54, 1.807) is 6.08 Å². The van der Waals surface area contributed by atoms with Gasteiger partial charge in [0.05, 0.1) is 25.4 Å². The first-order chi connectivity index (χ1) is 23.8. The molecule has 0 saturated carbocycles. The van der Waals surface area contributed by atoms with E-state index in [0.717, 1.165) is 38.5 Å². The molecule has 0 radical (unpaired) electrons. The van der Waals surface area contributed by atoms with E-state index in [9.17, 15) is 30.3 Å². The fraction of sp³-hybridized carbons (Fsp3) is 0.925. The fourth-order valence-electron chi connectivity index (χ4n) is 6.51. The van der Waals surface area contributed by atoms with Crippen LogP contribution in [0.4, 0.5) is 0 Å². The summed E-state index contributed by atoms with van der Waals surface area (Å²) in [5.41, 5.74) is 0. The molecular formula is C40H77NO8. The van der Waals surface area contributed by atoms with Crippen LogP contribution >= 0.6 is 0 Å². The molecule has 1 heterocycles. The van der Waals surface area contributed by atoms with Gasteiger partial charge in [0.1, 0.15) is 24.4 Å². The van der Waals surface area contributed by atoms with E-state index in [1.165, 1.54) is 122 Å². The summed E-state index contributed by atoms with van der Waals surface area (Å²) in [6.45, 7) is 3.75. The second-order valence-electron chi connectivity index (χ2n) is 14.4. The molecule has 9 nitrogen and oxygen atoms in total. The molecule has 290 valence electrons. The molecule has 0 spiro atoms. The van der Waals surface area contributed by atoms with E-state index in [2.05, 4.69) is 19.2 Å². The zero-order valence-electron chi connectivity index (χ0n) is 31.5. The highest BCUT2D eigenvalue weighted by molar-refractivity contribution is 5.76. The van der Waals surface area contributed by atoms with Crippen molar-refractivity contribution in [2.45, 2.75) is 224 Å². The Labute approximate surface area is 299 Å². The predicted octanol–water partition coefficient (Wildman–Crippen LogP) is 7.39. The summed E-state index contributed by atoms with van der Waals surface area (Å²) >= 11 is 0. The molecule has 9 heteroatoms. The van der Waals surface area contributed by atoms with Crippen LogP contribution < -0.4 is 5.32 Å². The molecule has 0 aromatic rings. The van der Waals surface area contributed by atoms with Crippen LogP contribution in [0.3, 0.4) is 0 Å². The van der Waals surface area contributed by atoms with Gasteiger partial charge in [-0.15, -0.1) is 0 Å². The minimum absolute atomic E-state index is 0.178. The molecular weight excluding hydrogens is 622 g/mol. The van der Waals surface area contributed by atoms with E-state index in [0.29, 0.717) is 6.42 Å².